The molecule has 0 aliphatic carbocycles. The molecule has 0 aliphatic heterocycles. The van der Waals surface area contributed by atoms with E-state index in [-0.39, 0.29) is 17.0 Å². The molecular formula is C22H24F3N3O3S. The maximum atomic E-state index is 13.7. The predicted molar refractivity (Wildman–Crippen MR) is 114 cm³/mol. The van der Waals surface area contributed by atoms with Crippen LogP contribution in [0.15, 0.2) is 53.4 Å². The molecular weight excluding hydrogens is 443 g/mol. The molecule has 1 amide bonds. The number of nitriles is 1. The summed E-state index contributed by atoms with van der Waals surface area (Å²) in [5.74, 6) is -0.829. The number of hydrogen-bond acceptors (Lipinski definition) is 5. The highest BCUT2D eigenvalue weighted by atomic mass is 32.2. The maximum Gasteiger partial charge on any atom is 0.412 e. The van der Waals surface area contributed by atoms with Gasteiger partial charge in [0.1, 0.15) is 0 Å². The second-order valence-electron chi connectivity index (χ2n) is 7.28. The maximum absolute atomic E-state index is 13.7. The molecule has 32 heavy (non-hydrogen) atoms. The van der Waals surface area contributed by atoms with E-state index in [9.17, 15) is 26.4 Å². The van der Waals surface area contributed by atoms with Gasteiger partial charge in [0.25, 0.3) is 0 Å². The Hall–Kier alpha value is -2.90. The summed E-state index contributed by atoms with van der Waals surface area (Å²) in [6.45, 7) is 1.64. The molecule has 172 valence electrons. The zero-order valence-electron chi connectivity index (χ0n) is 17.6. The molecule has 0 saturated carbocycles. The highest BCUT2D eigenvalue weighted by Gasteiger charge is 2.42. The number of carbonyl (C=O) groups excluding carboxylic acids is 1. The van der Waals surface area contributed by atoms with Crippen LogP contribution in [0.4, 0.5) is 13.2 Å². The van der Waals surface area contributed by atoms with Gasteiger partial charge in [0, 0.05) is 6.26 Å². The van der Waals surface area contributed by atoms with Crippen molar-refractivity contribution in [2.24, 2.45) is 0 Å². The van der Waals surface area contributed by atoms with Gasteiger partial charge in [-0.25, -0.2) is 8.42 Å². The molecule has 0 saturated heterocycles. The topological polar surface area (TPSA) is 99.1 Å². The number of nitrogens with one attached hydrogen (secondary N) is 2. The molecule has 2 rings (SSSR count). The number of hydrogen-bond donors (Lipinski definition) is 2. The van der Waals surface area contributed by atoms with Gasteiger partial charge >= 0.3 is 6.18 Å². The number of amides is 1. The number of sulfone groups is 1. The smallest absolute Gasteiger partial charge is 0.339 e. The number of carbonyl (C=O) groups is 1. The van der Waals surface area contributed by atoms with Gasteiger partial charge in [0.15, 0.2) is 15.9 Å². The summed E-state index contributed by atoms with van der Waals surface area (Å²) >= 11 is 0. The Bertz CT molecular complexity index is 1060. The lowest BCUT2D eigenvalue weighted by Crippen LogP contribution is -2.48. The van der Waals surface area contributed by atoms with E-state index >= 15 is 0 Å². The van der Waals surface area contributed by atoms with Crippen LogP contribution in [0.1, 0.15) is 31.4 Å². The zero-order valence-corrected chi connectivity index (χ0v) is 18.4. The Morgan fingerprint density at radius 2 is 1.59 bits per heavy atom. The van der Waals surface area contributed by atoms with Gasteiger partial charge < -0.3 is 5.32 Å². The van der Waals surface area contributed by atoms with Gasteiger partial charge in [-0.05, 0) is 35.2 Å². The van der Waals surface area contributed by atoms with E-state index in [0.717, 1.165) is 6.26 Å². The number of nitrogens with zero attached hydrogens (tertiary/aromatic N) is 1. The van der Waals surface area contributed by atoms with Crippen LogP contribution in [-0.2, 0) is 14.6 Å². The number of halogens is 3. The fourth-order valence-corrected chi connectivity index (χ4v) is 3.77. The van der Waals surface area contributed by atoms with Crippen LogP contribution in [-0.4, -0.2) is 39.3 Å². The minimum absolute atomic E-state index is 0.141. The van der Waals surface area contributed by atoms with Crippen molar-refractivity contribution in [2.75, 3.05) is 12.8 Å². The molecule has 0 heterocycles. The summed E-state index contributed by atoms with van der Waals surface area (Å²) in [7, 11) is -3.35. The van der Waals surface area contributed by atoms with Crippen molar-refractivity contribution in [3.63, 3.8) is 0 Å². The molecule has 0 fully saturated rings. The van der Waals surface area contributed by atoms with Crippen molar-refractivity contribution >= 4 is 15.7 Å². The van der Waals surface area contributed by atoms with Gasteiger partial charge in [-0.3, -0.25) is 10.1 Å². The molecule has 2 aromatic rings. The quantitative estimate of drug-likeness (QED) is 0.547. The third kappa shape index (κ3) is 6.80. The van der Waals surface area contributed by atoms with Crippen LogP contribution in [0.25, 0.3) is 11.1 Å². The van der Waals surface area contributed by atoms with Crippen molar-refractivity contribution in [1.82, 2.24) is 10.6 Å². The standard InChI is InChI=1S/C22H24F3N3O3S/c1-3-4-19(27-14-13-26)21(29)28-20(22(23,24)25)17-7-5-15(6-8-17)16-9-11-18(12-10-16)32(2,30)31/h5-12,19-20,27H,3-4,14H2,1-2H3,(H,28,29)/t19-,20-/m0/s1. The average molecular weight is 468 g/mol. The summed E-state index contributed by atoms with van der Waals surface area (Å²) in [5.41, 5.74) is 1.10. The lowest BCUT2D eigenvalue weighted by Gasteiger charge is -2.25. The van der Waals surface area contributed by atoms with Crippen molar-refractivity contribution < 1.29 is 26.4 Å². The van der Waals surface area contributed by atoms with Crippen LogP contribution in [0.3, 0.4) is 0 Å². The van der Waals surface area contributed by atoms with Crippen molar-refractivity contribution in [3.05, 3.63) is 54.1 Å². The molecule has 0 radical (unpaired) electrons. The third-order valence-electron chi connectivity index (χ3n) is 4.80. The first kappa shape index (κ1) is 25.4. The summed E-state index contributed by atoms with van der Waals surface area (Å²) in [4.78, 5) is 12.6. The van der Waals surface area contributed by atoms with E-state index in [1.807, 2.05) is 11.4 Å². The highest BCUT2D eigenvalue weighted by Crippen LogP contribution is 2.34. The molecule has 10 heteroatoms. The fourth-order valence-electron chi connectivity index (χ4n) is 3.14. The molecule has 0 spiro atoms. The molecule has 2 N–H and O–H groups in total. The molecule has 2 atom stereocenters. The molecule has 0 aromatic heterocycles. The number of rotatable bonds is 9. The monoisotopic (exact) mass is 467 g/mol. The lowest BCUT2D eigenvalue weighted by atomic mass is 10.00. The van der Waals surface area contributed by atoms with Gasteiger partial charge in [-0.1, -0.05) is 49.7 Å². The minimum atomic E-state index is -4.72. The van der Waals surface area contributed by atoms with Crippen LogP contribution >= 0.6 is 0 Å². The largest absolute Gasteiger partial charge is 0.412 e. The number of benzene rings is 2. The summed E-state index contributed by atoms with van der Waals surface area (Å²) in [6, 6.07) is 10.2. The Morgan fingerprint density at radius 3 is 2.03 bits per heavy atom. The van der Waals surface area contributed by atoms with Gasteiger partial charge in [-0.15, -0.1) is 0 Å². The molecule has 2 aromatic carbocycles. The third-order valence-corrected chi connectivity index (χ3v) is 5.92. The minimum Gasteiger partial charge on any atom is -0.339 e. The fraction of sp³-hybridized carbons (Fsp3) is 0.364. The van der Waals surface area contributed by atoms with E-state index in [1.54, 1.807) is 19.1 Å². The van der Waals surface area contributed by atoms with Crippen LogP contribution < -0.4 is 10.6 Å². The SMILES string of the molecule is CCC[C@H](NCC#N)C(=O)N[C@@H](c1ccc(-c2ccc(S(C)(=O)=O)cc2)cc1)C(F)(F)F. The van der Waals surface area contributed by atoms with Gasteiger partial charge in [0.2, 0.25) is 5.91 Å². The second-order valence-corrected chi connectivity index (χ2v) is 9.30. The first-order chi connectivity index (χ1) is 15.0. The predicted octanol–water partition coefficient (Wildman–Crippen LogP) is 3.76. The molecule has 0 bridgehead atoms. The van der Waals surface area contributed by atoms with Crippen LogP contribution in [0, 0.1) is 11.3 Å². The Kier molecular flexibility index (Phi) is 8.41. The van der Waals surface area contributed by atoms with Crippen molar-refractivity contribution in [2.45, 2.75) is 42.9 Å². The zero-order chi connectivity index (χ0) is 23.9. The van der Waals surface area contributed by atoms with Crippen LogP contribution in [0.5, 0.6) is 0 Å². The Balaban J connectivity index is 2.25. The summed E-state index contributed by atoms with van der Waals surface area (Å²) in [5, 5.41) is 13.4. The Labute approximate surface area is 185 Å². The molecule has 6 nitrogen and oxygen atoms in total. The number of alkyl halides is 3. The van der Waals surface area contributed by atoms with E-state index < -0.39 is 34.0 Å². The van der Waals surface area contributed by atoms with Crippen molar-refractivity contribution in [1.29, 1.82) is 5.26 Å². The van der Waals surface area contributed by atoms with E-state index in [1.165, 1.54) is 36.4 Å². The highest BCUT2D eigenvalue weighted by molar-refractivity contribution is 7.90. The Morgan fingerprint density at radius 1 is 1.06 bits per heavy atom. The molecule has 0 aliphatic rings. The normalized spacial score (nSPS) is 13.8. The van der Waals surface area contributed by atoms with E-state index in [0.29, 0.717) is 24.0 Å². The summed E-state index contributed by atoms with van der Waals surface area (Å²) < 4.78 is 64.2. The first-order valence-corrected chi connectivity index (χ1v) is 11.7. The van der Waals surface area contributed by atoms with E-state index in [2.05, 4.69) is 5.32 Å². The lowest BCUT2D eigenvalue weighted by molar-refractivity contribution is -0.164. The summed E-state index contributed by atoms with van der Waals surface area (Å²) in [6.07, 6.45) is -2.79. The van der Waals surface area contributed by atoms with Gasteiger partial charge in [0.05, 0.1) is 23.6 Å². The van der Waals surface area contributed by atoms with E-state index in [4.69, 9.17) is 5.26 Å². The average Bonchev–Trinajstić information content (AvgIpc) is 2.73. The first-order valence-electron chi connectivity index (χ1n) is 9.85. The second kappa shape index (κ2) is 10.6. The molecule has 0 unspecified atom stereocenters. The van der Waals surface area contributed by atoms with Crippen molar-refractivity contribution in [3.8, 4) is 17.2 Å². The van der Waals surface area contributed by atoms with Gasteiger partial charge in [-0.2, -0.15) is 18.4 Å². The van der Waals surface area contributed by atoms with Crippen LogP contribution in [0.2, 0.25) is 0 Å².